The molecule has 0 saturated carbocycles. The van der Waals surface area contributed by atoms with Crippen LogP contribution in [-0.2, 0) is 18.3 Å². The van der Waals surface area contributed by atoms with Gasteiger partial charge in [0.1, 0.15) is 5.69 Å². The van der Waals surface area contributed by atoms with Crippen molar-refractivity contribution in [3.63, 3.8) is 0 Å². The maximum Gasteiger partial charge on any atom is 0.315 e. The highest BCUT2D eigenvalue weighted by Gasteiger charge is 2.16. The van der Waals surface area contributed by atoms with Gasteiger partial charge >= 0.3 is 5.97 Å². The van der Waals surface area contributed by atoms with Gasteiger partial charge in [-0.05, 0) is 25.5 Å². The molecule has 0 aliphatic carbocycles. The lowest BCUT2D eigenvalue weighted by molar-refractivity contribution is -0.133. The van der Waals surface area contributed by atoms with Gasteiger partial charge in [0.25, 0.3) is 0 Å². The number of benzene rings is 1. The van der Waals surface area contributed by atoms with E-state index in [1.54, 1.807) is 4.68 Å². The third kappa shape index (κ3) is 2.42. The van der Waals surface area contributed by atoms with Gasteiger partial charge in [-0.25, -0.2) is 0 Å². The van der Waals surface area contributed by atoms with E-state index in [9.17, 15) is 4.79 Å². The number of para-hydroxylation sites is 1. The van der Waals surface area contributed by atoms with Crippen molar-refractivity contribution in [1.82, 2.24) is 14.8 Å². The summed E-state index contributed by atoms with van der Waals surface area (Å²) in [5, 5.41) is 5.29. The molecule has 0 atom stereocenters. The predicted octanol–water partition coefficient (Wildman–Crippen LogP) is 2.67. The fourth-order valence-corrected chi connectivity index (χ4v) is 2.49. The number of fused-ring (bicyclic) bond motifs is 1. The summed E-state index contributed by atoms with van der Waals surface area (Å²) in [6.07, 6.45) is 2.09. The molecule has 3 aromatic rings. The van der Waals surface area contributed by atoms with Crippen molar-refractivity contribution in [3.05, 3.63) is 47.4 Å². The average Bonchev–Trinajstić information content (AvgIpc) is 2.96. The van der Waals surface area contributed by atoms with Crippen molar-refractivity contribution < 1.29 is 9.53 Å². The van der Waals surface area contributed by atoms with Crippen molar-refractivity contribution in [2.75, 3.05) is 0 Å². The number of nitrogens with zero attached hydrogens (tertiary/aromatic N) is 2. The molecule has 21 heavy (non-hydrogen) atoms. The minimum absolute atomic E-state index is 0.234. The van der Waals surface area contributed by atoms with Crippen LogP contribution in [0.25, 0.3) is 10.9 Å². The van der Waals surface area contributed by atoms with Gasteiger partial charge in [0.15, 0.2) is 5.75 Å². The van der Waals surface area contributed by atoms with Crippen LogP contribution in [0, 0.1) is 13.8 Å². The Morgan fingerprint density at radius 3 is 2.81 bits per heavy atom. The first-order valence-corrected chi connectivity index (χ1v) is 6.82. The second-order valence-electron chi connectivity index (χ2n) is 5.13. The Kier molecular flexibility index (Phi) is 3.25. The maximum atomic E-state index is 12.2. The van der Waals surface area contributed by atoms with E-state index < -0.39 is 0 Å². The number of aromatic amines is 1. The monoisotopic (exact) mass is 283 g/mol. The molecule has 5 nitrogen and oxygen atoms in total. The molecule has 0 amide bonds. The van der Waals surface area contributed by atoms with E-state index >= 15 is 0 Å². The van der Waals surface area contributed by atoms with Crippen LogP contribution >= 0.6 is 0 Å². The molecule has 0 fully saturated rings. The van der Waals surface area contributed by atoms with Crippen molar-refractivity contribution in [3.8, 4) is 5.75 Å². The van der Waals surface area contributed by atoms with Gasteiger partial charge in [0.2, 0.25) is 0 Å². The second kappa shape index (κ2) is 5.09. The smallest absolute Gasteiger partial charge is 0.315 e. The highest BCUT2D eigenvalue weighted by Crippen LogP contribution is 2.23. The summed E-state index contributed by atoms with van der Waals surface area (Å²) in [5.74, 6) is 0.279. The van der Waals surface area contributed by atoms with Gasteiger partial charge in [-0.2, -0.15) is 5.10 Å². The highest BCUT2D eigenvalue weighted by molar-refractivity contribution is 5.87. The fraction of sp³-hybridized carbons (Fsp3) is 0.250. The second-order valence-corrected chi connectivity index (χ2v) is 5.13. The van der Waals surface area contributed by atoms with Crippen molar-refractivity contribution in [2.24, 2.45) is 7.05 Å². The van der Waals surface area contributed by atoms with E-state index in [1.165, 1.54) is 0 Å². The van der Waals surface area contributed by atoms with E-state index in [-0.39, 0.29) is 12.4 Å². The minimum atomic E-state index is -0.279. The molecular weight excluding hydrogens is 266 g/mol. The van der Waals surface area contributed by atoms with Gasteiger partial charge in [-0.1, -0.05) is 18.2 Å². The van der Waals surface area contributed by atoms with Crippen LogP contribution in [0.2, 0.25) is 0 Å². The number of aromatic nitrogens is 3. The molecule has 108 valence electrons. The lowest BCUT2D eigenvalue weighted by Crippen LogP contribution is -2.12. The molecule has 0 radical (unpaired) electrons. The van der Waals surface area contributed by atoms with Crippen LogP contribution in [0.15, 0.2) is 30.5 Å². The molecule has 5 heteroatoms. The zero-order valence-corrected chi connectivity index (χ0v) is 12.3. The van der Waals surface area contributed by atoms with E-state index in [2.05, 4.69) is 10.1 Å². The number of hydrogen-bond donors (Lipinski definition) is 1. The Hall–Kier alpha value is -2.56. The summed E-state index contributed by atoms with van der Waals surface area (Å²) >= 11 is 0. The number of H-pyrrole nitrogens is 1. The van der Waals surface area contributed by atoms with Gasteiger partial charge in [-0.3, -0.25) is 9.48 Å². The van der Waals surface area contributed by atoms with E-state index in [4.69, 9.17) is 4.74 Å². The molecule has 0 aliphatic heterocycles. The Balaban J connectivity index is 1.81. The molecule has 1 aromatic carbocycles. The number of ether oxygens (including phenoxy) is 1. The Morgan fingerprint density at radius 2 is 2.10 bits per heavy atom. The van der Waals surface area contributed by atoms with Gasteiger partial charge in [-0.15, -0.1) is 0 Å². The molecule has 1 N–H and O–H groups in total. The number of aryl methyl sites for hydroxylation is 2. The molecule has 2 aromatic heterocycles. The van der Waals surface area contributed by atoms with E-state index in [1.807, 2.05) is 51.4 Å². The summed E-state index contributed by atoms with van der Waals surface area (Å²) in [6.45, 7) is 3.72. The average molecular weight is 283 g/mol. The van der Waals surface area contributed by atoms with Crippen LogP contribution in [0.1, 0.15) is 17.0 Å². The molecule has 0 unspecified atom stereocenters. The molecule has 3 rings (SSSR count). The quantitative estimate of drug-likeness (QED) is 0.752. The van der Waals surface area contributed by atoms with Gasteiger partial charge < -0.3 is 9.72 Å². The zero-order chi connectivity index (χ0) is 15.0. The van der Waals surface area contributed by atoms with Crippen LogP contribution in [-0.4, -0.2) is 20.7 Å². The molecule has 0 spiro atoms. The number of nitrogens with one attached hydrogen (secondary N) is 1. The molecular formula is C16H17N3O2. The van der Waals surface area contributed by atoms with E-state index in [0.717, 1.165) is 27.9 Å². The Labute approximate surface area is 122 Å². The SMILES string of the molecule is Cc1nn(C)c(C)c1OC(=O)Cc1c[nH]c2ccccc12. The first-order chi connectivity index (χ1) is 10.1. The van der Waals surface area contributed by atoms with Gasteiger partial charge in [0, 0.05) is 24.1 Å². The number of esters is 1. The van der Waals surface area contributed by atoms with Crippen molar-refractivity contribution in [2.45, 2.75) is 20.3 Å². The summed E-state index contributed by atoms with van der Waals surface area (Å²) in [7, 11) is 1.83. The molecule has 0 saturated heterocycles. The third-order valence-electron chi connectivity index (χ3n) is 3.67. The Morgan fingerprint density at radius 1 is 1.33 bits per heavy atom. The summed E-state index contributed by atoms with van der Waals surface area (Å²) in [5.41, 5.74) is 3.53. The van der Waals surface area contributed by atoms with E-state index in [0.29, 0.717) is 5.75 Å². The zero-order valence-electron chi connectivity index (χ0n) is 12.3. The molecule has 2 heterocycles. The summed E-state index contributed by atoms with van der Waals surface area (Å²) in [6, 6.07) is 7.90. The number of carbonyl (C=O) groups is 1. The van der Waals surface area contributed by atoms with Crippen molar-refractivity contribution >= 4 is 16.9 Å². The third-order valence-corrected chi connectivity index (χ3v) is 3.67. The number of carbonyl (C=O) groups excluding carboxylic acids is 1. The first-order valence-electron chi connectivity index (χ1n) is 6.82. The van der Waals surface area contributed by atoms with Crippen LogP contribution < -0.4 is 4.74 Å². The lowest BCUT2D eigenvalue weighted by atomic mass is 10.1. The minimum Gasteiger partial charge on any atom is -0.422 e. The topological polar surface area (TPSA) is 59.9 Å². The van der Waals surface area contributed by atoms with Crippen LogP contribution in [0.3, 0.4) is 0 Å². The molecule has 0 bridgehead atoms. The normalized spacial score (nSPS) is 11.0. The number of rotatable bonds is 3. The molecule has 0 aliphatic rings. The standard InChI is InChI=1S/C16H17N3O2/c1-10-16(11(2)19(3)18-10)21-15(20)8-12-9-17-14-7-5-4-6-13(12)14/h4-7,9,17H,8H2,1-3H3. The summed E-state index contributed by atoms with van der Waals surface area (Å²) in [4.78, 5) is 15.3. The highest BCUT2D eigenvalue weighted by atomic mass is 16.5. The largest absolute Gasteiger partial charge is 0.422 e. The maximum absolute atomic E-state index is 12.2. The number of hydrogen-bond acceptors (Lipinski definition) is 3. The van der Waals surface area contributed by atoms with Crippen LogP contribution in [0.5, 0.6) is 5.75 Å². The Bertz CT molecular complexity index is 814. The van der Waals surface area contributed by atoms with Crippen molar-refractivity contribution in [1.29, 1.82) is 0 Å². The van der Waals surface area contributed by atoms with Gasteiger partial charge in [0.05, 0.1) is 12.1 Å². The lowest BCUT2D eigenvalue weighted by Gasteiger charge is -2.04. The summed E-state index contributed by atoms with van der Waals surface area (Å²) < 4.78 is 7.19. The van der Waals surface area contributed by atoms with Crippen LogP contribution in [0.4, 0.5) is 0 Å². The first kappa shape index (κ1) is 13.4. The fourth-order valence-electron chi connectivity index (χ4n) is 2.49. The predicted molar refractivity (Wildman–Crippen MR) is 80.3 cm³/mol.